The molecule has 0 spiro atoms. The summed E-state index contributed by atoms with van der Waals surface area (Å²) in [6.45, 7) is 10.1. The van der Waals surface area contributed by atoms with Gasteiger partial charge in [-0.05, 0) is 59.2 Å². The van der Waals surface area contributed by atoms with Gasteiger partial charge in [-0.15, -0.1) is 11.3 Å². The Morgan fingerprint density at radius 3 is 2.56 bits per heavy atom. The Balaban J connectivity index is 1.83. The lowest BCUT2D eigenvalue weighted by Crippen LogP contribution is -2.39. The Bertz CT molecular complexity index is 395. The number of aryl methyl sites for hydroxylation is 2. The fourth-order valence-electron chi connectivity index (χ4n) is 2.52. The zero-order valence-corrected chi connectivity index (χ0v) is 13.1. The highest BCUT2D eigenvalue weighted by Crippen LogP contribution is 2.28. The van der Waals surface area contributed by atoms with E-state index in [2.05, 4.69) is 51.0 Å². The van der Waals surface area contributed by atoms with Crippen LogP contribution in [-0.4, -0.2) is 30.6 Å². The summed E-state index contributed by atoms with van der Waals surface area (Å²) in [6, 6.07) is 4.26. The molecule has 18 heavy (non-hydrogen) atoms. The van der Waals surface area contributed by atoms with E-state index >= 15 is 0 Å². The zero-order chi connectivity index (χ0) is 13.3. The van der Waals surface area contributed by atoms with Crippen LogP contribution in [0.25, 0.3) is 0 Å². The van der Waals surface area contributed by atoms with Crippen LogP contribution in [0.4, 0.5) is 0 Å². The maximum atomic E-state index is 3.68. The van der Waals surface area contributed by atoms with E-state index in [4.69, 9.17) is 0 Å². The van der Waals surface area contributed by atoms with E-state index in [0.29, 0.717) is 12.1 Å². The van der Waals surface area contributed by atoms with Crippen LogP contribution in [0.3, 0.4) is 0 Å². The molecular formula is C15H26N2S. The third-order valence-electron chi connectivity index (χ3n) is 4.08. The van der Waals surface area contributed by atoms with Crippen LogP contribution in [0, 0.1) is 13.8 Å². The second kappa shape index (κ2) is 5.72. The molecule has 2 unspecified atom stereocenters. The van der Waals surface area contributed by atoms with E-state index in [1.807, 2.05) is 11.3 Å². The molecule has 2 rings (SSSR count). The first-order chi connectivity index (χ1) is 8.49. The van der Waals surface area contributed by atoms with E-state index in [1.54, 1.807) is 0 Å². The largest absolute Gasteiger partial charge is 0.309 e. The molecule has 3 heteroatoms. The minimum absolute atomic E-state index is 0.463. The lowest BCUT2D eigenvalue weighted by molar-refractivity contribution is 0.237. The first-order valence-electron chi connectivity index (χ1n) is 7.01. The predicted octanol–water partition coefficient (Wildman–Crippen LogP) is 3.50. The number of rotatable bonds is 6. The number of nitrogens with zero attached hydrogens (tertiary/aromatic N) is 1. The van der Waals surface area contributed by atoms with Gasteiger partial charge in [0.25, 0.3) is 0 Å². The molecule has 2 atom stereocenters. The summed E-state index contributed by atoms with van der Waals surface area (Å²) in [5.41, 5.74) is 1.47. The van der Waals surface area contributed by atoms with Crippen molar-refractivity contribution in [2.24, 2.45) is 0 Å². The summed E-state index contributed by atoms with van der Waals surface area (Å²) in [7, 11) is 2.26. The van der Waals surface area contributed by atoms with Crippen LogP contribution in [0.15, 0.2) is 6.07 Å². The highest BCUT2D eigenvalue weighted by atomic mass is 32.1. The van der Waals surface area contributed by atoms with Crippen molar-refractivity contribution in [3.05, 3.63) is 21.4 Å². The molecule has 0 aromatic carbocycles. The second-order valence-corrected chi connectivity index (χ2v) is 7.20. The Morgan fingerprint density at radius 2 is 2.06 bits per heavy atom. The number of nitrogens with one attached hydrogen (secondary N) is 1. The van der Waals surface area contributed by atoms with Crippen LogP contribution in [0.1, 0.15) is 48.0 Å². The third-order valence-corrected chi connectivity index (χ3v) is 5.07. The summed E-state index contributed by atoms with van der Waals surface area (Å²) in [5.74, 6) is 0. The monoisotopic (exact) mass is 266 g/mol. The van der Waals surface area contributed by atoms with Crippen molar-refractivity contribution in [1.82, 2.24) is 10.2 Å². The fourth-order valence-corrected chi connectivity index (χ4v) is 3.55. The molecule has 1 aliphatic carbocycles. The fraction of sp³-hybridized carbons (Fsp3) is 0.733. The zero-order valence-electron chi connectivity index (χ0n) is 12.3. The molecule has 2 nitrogen and oxygen atoms in total. The Morgan fingerprint density at radius 1 is 1.39 bits per heavy atom. The van der Waals surface area contributed by atoms with Gasteiger partial charge in [0.1, 0.15) is 0 Å². The average molecular weight is 266 g/mol. The minimum atomic E-state index is 0.463. The molecule has 1 saturated carbocycles. The molecule has 1 aliphatic rings. The highest BCUT2D eigenvalue weighted by Gasteiger charge is 2.29. The van der Waals surface area contributed by atoms with Crippen molar-refractivity contribution in [2.75, 3.05) is 13.6 Å². The van der Waals surface area contributed by atoms with Gasteiger partial charge in [-0.3, -0.25) is 4.90 Å². The van der Waals surface area contributed by atoms with Crippen LogP contribution in [-0.2, 0) is 0 Å². The van der Waals surface area contributed by atoms with Crippen LogP contribution >= 0.6 is 11.3 Å². The molecule has 0 radical (unpaired) electrons. The summed E-state index contributed by atoms with van der Waals surface area (Å²) in [5, 5.41) is 3.68. The van der Waals surface area contributed by atoms with Crippen molar-refractivity contribution >= 4 is 11.3 Å². The third kappa shape index (κ3) is 3.34. The van der Waals surface area contributed by atoms with E-state index in [9.17, 15) is 0 Å². The Kier molecular flexibility index (Phi) is 4.46. The van der Waals surface area contributed by atoms with Crippen LogP contribution < -0.4 is 5.32 Å². The van der Waals surface area contributed by atoms with Crippen molar-refractivity contribution in [3.8, 4) is 0 Å². The summed E-state index contributed by atoms with van der Waals surface area (Å²) in [4.78, 5) is 5.39. The molecule has 1 fully saturated rings. The molecule has 0 aliphatic heterocycles. The van der Waals surface area contributed by atoms with Crippen molar-refractivity contribution in [2.45, 2.75) is 58.7 Å². The van der Waals surface area contributed by atoms with Gasteiger partial charge in [0.2, 0.25) is 0 Å². The number of likely N-dealkylation sites (N-methyl/N-ethyl adjacent to an activating group) is 1. The summed E-state index contributed by atoms with van der Waals surface area (Å²) < 4.78 is 0. The van der Waals surface area contributed by atoms with E-state index in [0.717, 1.165) is 12.6 Å². The average Bonchev–Trinajstić information content (AvgIpc) is 3.10. The van der Waals surface area contributed by atoms with Gasteiger partial charge in [-0.25, -0.2) is 0 Å². The maximum Gasteiger partial charge on any atom is 0.0303 e. The van der Waals surface area contributed by atoms with Gasteiger partial charge < -0.3 is 5.32 Å². The normalized spacial score (nSPS) is 19.2. The lowest BCUT2D eigenvalue weighted by Gasteiger charge is -2.26. The molecule has 1 aromatic heterocycles. The van der Waals surface area contributed by atoms with Crippen LogP contribution in [0.2, 0.25) is 0 Å². The summed E-state index contributed by atoms with van der Waals surface area (Å²) >= 11 is 1.90. The SMILES string of the molecule is Cc1cc(C(C)NCC(C)N(C)C2CC2)c(C)s1. The van der Waals surface area contributed by atoms with Gasteiger partial charge in [0.05, 0.1) is 0 Å². The molecule has 0 amide bonds. The van der Waals surface area contributed by atoms with E-state index < -0.39 is 0 Å². The molecule has 0 saturated heterocycles. The maximum absolute atomic E-state index is 3.68. The smallest absolute Gasteiger partial charge is 0.0303 e. The van der Waals surface area contributed by atoms with Gasteiger partial charge in [-0.2, -0.15) is 0 Å². The Labute approximate surface area is 115 Å². The number of hydrogen-bond donors (Lipinski definition) is 1. The molecule has 0 bridgehead atoms. The van der Waals surface area contributed by atoms with Crippen molar-refractivity contribution in [1.29, 1.82) is 0 Å². The predicted molar refractivity (Wildman–Crippen MR) is 80.5 cm³/mol. The quantitative estimate of drug-likeness (QED) is 0.848. The minimum Gasteiger partial charge on any atom is -0.309 e. The second-order valence-electron chi connectivity index (χ2n) is 5.74. The standard InChI is InChI=1S/C15H26N2S/c1-10(17(5)14-6-7-14)9-16-12(3)15-8-11(2)18-13(15)4/h8,10,12,14,16H,6-7,9H2,1-5H3. The summed E-state index contributed by atoms with van der Waals surface area (Å²) in [6.07, 6.45) is 2.78. The van der Waals surface area contributed by atoms with Gasteiger partial charge >= 0.3 is 0 Å². The van der Waals surface area contributed by atoms with E-state index in [-0.39, 0.29) is 0 Å². The number of hydrogen-bond acceptors (Lipinski definition) is 3. The van der Waals surface area contributed by atoms with Crippen molar-refractivity contribution < 1.29 is 0 Å². The first-order valence-corrected chi connectivity index (χ1v) is 7.83. The van der Waals surface area contributed by atoms with Gasteiger partial charge in [-0.1, -0.05) is 0 Å². The topological polar surface area (TPSA) is 15.3 Å². The molecule has 102 valence electrons. The number of thiophene rings is 1. The van der Waals surface area contributed by atoms with Gasteiger partial charge in [0.15, 0.2) is 0 Å². The highest BCUT2D eigenvalue weighted by molar-refractivity contribution is 7.12. The van der Waals surface area contributed by atoms with Crippen LogP contribution in [0.5, 0.6) is 0 Å². The molecule has 1 aromatic rings. The molecule has 1 heterocycles. The van der Waals surface area contributed by atoms with Gasteiger partial charge in [0, 0.05) is 34.4 Å². The van der Waals surface area contributed by atoms with Crippen molar-refractivity contribution in [3.63, 3.8) is 0 Å². The first kappa shape index (κ1) is 14.0. The molecule has 1 N–H and O–H groups in total. The van der Waals surface area contributed by atoms with E-state index in [1.165, 1.54) is 28.2 Å². The Hall–Kier alpha value is -0.380. The molecular weight excluding hydrogens is 240 g/mol. The lowest BCUT2D eigenvalue weighted by atomic mass is 10.1.